The summed E-state index contributed by atoms with van der Waals surface area (Å²) in [6, 6.07) is 4.33. The van der Waals surface area contributed by atoms with Crippen LogP contribution in [-0.2, 0) is 9.59 Å². The lowest BCUT2D eigenvalue weighted by atomic mass is 9.78. The molecule has 1 spiro atoms. The van der Waals surface area contributed by atoms with Gasteiger partial charge in [0.15, 0.2) is 0 Å². The van der Waals surface area contributed by atoms with Gasteiger partial charge in [0.2, 0.25) is 11.8 Å². The Kier molecular flexibility index (Phi) is 4.71. The summed E-state index contributed by atoms with van der Waals surface area (Å²) in [7, 11) is 1.80. The first-order chi connectivity index (χ1) is 12.4. The standard InChI is InChI=1S/C19H23N3O4/c1-3-16(24)20-13-5-6-15(23)14(11-13)17(25)22-10-8-19(12-22)7-4-9-21(2)18(19)26/h3,5-6,11,23H,1,4,7-10,12H2,2H3,(H,20,24). The molecule has 0 saturated carbocycles. The van der Waals surface area contributed by atoms with Gasteiger partial charge in [-0.2, -0.15) is 0 Å². The fourth-order valence-electron chi connectivity index (χ4n) is 3.84. The third kappa shape index (κ3) is 3.16. The molecule has 0 aromatic heterocycles. The molecule has 138 valence electrons. The van der Waals surface area contributed by atoms with Crippen LogP contribution in [0.3, 0.4) is 0 Å². The van der Waals surface area contributed by atoms with Crippen molar-refractivity contribution in [3.8, 4) is 5.75 Å². The fourth-order valence-corrected chi connectivity index (χ4v) is 3.84. The minimum absolute atomic E-state index is 0.0928. The van der Waals surface area contributed by atoms with Crippen LogP contribution in [0.1, 0.15) is 29.6 Å². The van der Waals surface area contributed by atoms with Crippen LogP contribution in [0.25, 0.3) is 0 Å². The van der Waals surface area contributed by atoms with Crippen molar-refractivity contribution in [2.24, 2.45) is 5.41 Å². The summed E-state index contributed by atoms with van der Waals surface area (Å²) in [5.41, 5.74) is 0.00593. The predicted octanol–water partition coefficient (Wildman–Crippen LogP) is 1.60. The molecular weight excluding hydrogens is 334 g/mol. The number of likely N-dealkylation sites (tertiary alicyclic amines) is 2. The number of amides is 3. The molecule has 7 heteroatoms. The summed E-state index contributed by atoms with van der Waals surface area (Å²) in [4.78, 5) is 40.3. The van der Waals surface area contributed by atoms with Crippen molar-refractivity contribution in [2.75, 3.05) is 32.0 Å². The molecule has 1 aromatic carbocycles. The molecule has 26 heavy (non-hydrogen) atoms. The Morgan fingerprint density at radius 2 is 2.08 bits per heavy atom. The summed E-state index contributed by atoms with van der Waals surface area (Å²) in [6.45, 7) is 4.97. The van der Waals surface area contributed by atoms with E-state index in [-0.39, 0.29) is 23.1 Å². The molecule has 2 fully saturated rings. The molecule has 1 atom stereocenters. The highest BCUT2D eigenvalue weighted by atomic mass is 16.3. The number of carbonyl (C=O) groups is 3. The predicted molar refractivity (Wildman–Crippen MR) is 96.8 cm³/mol. The smallest absolute Gasteiger partial charge is 0.257 e. The second-order valence-electron chi connectivity index (χ2n) is 7.01. The number of carbonyl (C=O) groups excluding carboxylic acids is 3. The molecule has 3 rings (SSSR count). The van der Waals surface area contributed by atoms with Crippen LogP contribution >= 0.6 is 0 Å². The Labute approximate surface area is 152 Å². The first kappa shape index (κ1) is 18.0. The molecule has 0 bridgehead atoms. The number of phenols is 1. The van der Waals surface area contributed by atoms with Crippen LogP contribution in [0.5, 0.6) is 5.75 Å². The molecule has 7 nitrogen and oxygen atoms in total. The van der Waals surface area contributed by atoms with Crippen LogP contribution in [0, 0.1) is 5.41 Å². The highest BCUT2D eigenvalue weighted by molar-refractivity contribution is 6.02. The third-order valence-electron chi connectivity index (χ3n) is 5.27. The summed E-state index contributed by atoms with van der Waals surface area (Å²) in [5.74, 6) is -0.796. The number of benzene rings is 1. The molecule has 2 aliphatic heterocycles. The number of rotatable bonds is 3. The average molecular weight is 357 g/mol. The third-order valence-corrected chi connectivity index (χ3v) is 5.27. The Bertz CT molecular complexity index is 776. The van der Waals surface area contributed by atoms with E-state index in [4.69, 9.17) is 0 Å². The van der Waals surface area contributed by atoms with E-state index in [0.29, 0.717) is 25.2 Å². The number of nitrogens with one attached hydrogen (secondary N) is 1. The van der Waals surface area contributed by atoms with Crippen molar-refractivity contribution in [3.63, 3.8) is 0 Å². The van der Waals surface area contributed by atoms with Crippen LogP contribution in [0.4, 0.5) is 5.69 Å². The maximum atomic E-state index is 12.9. The summed E-state index contributed by atoms with van der Waals surface area (Å²) < 4.78 is 0. The van der Waals surface area contributed by atoms with E-state index in [1.807, 2.05) is 0 Å². The van der Waals surface area contributed by atoms with Gasteiger partial charge >= 0.3 is 0 Å². The molecule has 2 saturated heterocycles. The van der Waals surface area contributed by atoms with Crippen LogP contribution in [0.15, 0.2) is 30.9 Å². The number of nitrogens with zero attached hydrogens (tertiary/aromatic N) is 2. The van der Waals surface area contributed by atoms with Crippen molar-refractivity contribution in [2.45, 2.75) is 19.3 Å². The van der Waals surface area contributed by atoms with E-state index >= 15 is 0 Å². The zero-order valence-electron chi connectivity index (χ0n) is 14.8. The van der Waals surface area contributed by atoms with Crippen molar-refractivity contribution in [3.05, 3.63) is 36.4 Å². The van der Waals surface area contributed by atoms with Gasteiger partial charge in [0, 0.05) is 32.4 Å². The lowest BCUT2D eigenvalue weighted by Crippen LogP contribution is -2.48. The van der Waals surface area contributed by atoms with E-state index in [9.17, 15) is 19.5 Å². The number of phenolic OH excluding ortho intramolecular Hbond substituents is 1. The fraction of sp³-hybridized carbons (Fsp3) is 0.421. The zero-order valence-corrected chi connectivity index (χ0v) is 14.8. The minimum atomic E-state index is -0.507. The molecule has 0 radical (unpaired) electrons. The monoisotopic (exact) mass is 357 g/mol. The van der Waals surface area contributed by atoms with Crippen molar-refractivity contribution < 1.29 is 19.5 Å². The lowest BCUT2D eigenvalue weighted by Gasteiger charge is -2.37. The SMILES string of the molecule is C=CC(=O)Nc1ccc(O)c(C(=O)N2CCC3(CCCN(C)C3=O)C2)c1. The van der Waals surface area contributed by atoms with Crippen LogP contribution in [0.2, 0.25) is 0 Å². The number of anilines is 1. The molecule has 2 N–H and O–H groups in total. The summed E-state index contributed by atoms with van der Waals surface area (Å²) in [6.07, 6.45) is 3.47. The van der Waals surface area contributed by atoms with Crippen LogP contribution in [-0.4, -0.2) is 59.3 Å². The molecule has 3 amide bonds. The van der Waals surface area contributed by atoms with Gasteiger partial charge in [0.1, 0.15) is 5.75 Å². The number of aromatic hydroxyl groups is 1. The maximum absolute atomic E-state index is 12.9. The lowest BCUT2D eigenvalue weighted by molar-refractivity contribution is -0.143. The summed E-state index contributed by atoms with van der Waals surface area (Å²) in [5, 5.41) is 12.7. The van der Waals surface area contributed by atoms with E-state index in [1.165, 1.54) is 18.2 Å². The quantitative estimate of drug-likeness (QED) is 0.635. The normalized spacial score (nSPS) is 22.6. The Balaban J connectivity index is 1.80. The van der Waals surface area contributed by atoms with Gasteiger partial charge in [-0.05, 0) is 43.5 Å². The number of piperidine rings is 1. The first-order valence-corrected chi connectivity index (χ1v) is 8.67. The molecule has 2 aliphatic rings. The number of hydrogen-bond donors (Lipinski definition) is 2. The van der Waals surface area contributed by atoms with Crippen LogP contribution < -0.4 is 5.32 Å². The van der Waals surface area contributed by atoms with Crippen molar-refractivity contribution in [1.29, 1.82) is 0 Å². The highest BCUT2D eigenvalue weighted by Gasteiger charge is 2.48. The van der Waals surface area contributed by atoms with E-state index in [2.05, 4.69) is 11.9 Å². The molecule has 2 heterocycles. The molecule has 0 aliphatic carbocycles. The van der Waals surface area contributed by atoms with Gasteiger partial charge in [-0.3, -0.25) is 14.4 Å². The van der Waals surface area contributed by atoms with Gasteiger partial charge in [-0.15, -0.1) is 0 Å². The maximum Gasteiger partial charge on any atom is 0.257 e. The highest BCUT2D eigenvalue weighted by Crippen LogP contribution is 2.40. The van der Waals surface area contributed by atoms with Gasteiger partial charge in [-0.1, -0.05) is 6.58 Å². The van der Waals surface area contributed by atoms with Gasteiger partial charge in [0.05, 0.1) is 11.0 Å². The Morgan fingerprint density at radius 3 is 2.81 bits per heavy atom. The largest absolute Gasteiger partial charge is 0.507 e. The average Bonchev–Trinajstić information content (AvgIpc) is 3.05. The van der Waals surface area contributed by atoms with Crippen molar-refractivity contribution in [1.82, 2.24) is 9.80 Å². The zero-order chi connectivity index (χ0) is 18.9. The molecule has 1 aromatic rings. The van der Waals surface area contributed by atoms with Gasteiger partial charge in [0.25, 0.3) is 5.91 Å². The van der Waals surface area contributed by atoms with Gasteiger partial charge < -0.3 is 20.2 Å². The van der Waals surface area contributed by atoms with Crippen molar-refractivity contribution >= 4 is 23.4 Å². The Hall–Kier alpha value is -2.83. The van der Waals surface area contributed by atoms with Gasteiger partial charge in [-0.25, -0.2) is 0 Å². The minimum Gasteiger partial charge on any atom is -0.507 e. The topological polar surface area (TPSA) is 89.9 Å². The second kappa shape index (κ2) is 6.82. The van der Waals surface area contributed by atoms with E-state index in [1.54, 1.807) is 16.8 Å². The van der Waals surface area contributed by atoms with E-state index < -0.39 is 11.3 Å². The summed E-state index contributed by atoms with van der Waals surface area (Å²) >= 11 is 0. The number of hydrogen-bond acceptors (Lipinski definition) is 4. The second-order valence-corrected chi connectivity index (χ2v) is 7.01. The first-order valence-electron chi connectivity index (χ1n) is 8.67. The van der Waals surface area contributed by atoms with E-state index in [0.717, 1.165) is 25.5 Å². The molecular formula is C19H23N3O4. The molecule has 1 unspecified atom stereocenters. The Morgan fingerprint density at radius 1 is 1.31 bits per heavy atom.